The van der Waals surface area contributed by atoms with Gasteiger partial charge in [-0.3, -0.25) is 9.59 Å². The van der Waals surface area contributed by atoms with E-state index in [1.165, 1.54) is 5.69 Å². The van der Waals surface area contributed by atoms with Gasteiger partial charge in [-0.1, -0.05) is 35.9 Å². The molecule has 3 rings (SSSR count). The molecule has 6 heteroatoms. The summed E-state index contributed by atoms with van der Waals surface area (Å²) in [6.07, 6.45) is 3.68. The van der Waals surface area contributed by atoms with E-state index in [1.807, 2.05) is 37.4 Å². The molecule has 2 aromatic rings. The van der Waals surface area contributed by atoms with Gasteiger partial charge in [0.1, 0.15) is 6.04 Å². The number of carbonyl (C=O) groups excluding carboxylic acids is 2. The second kappa shape index (κ2) is 11.1. The number of aryl methyl sites for hydroxylation is 1. The summed E-state index contributed by atoms with van der Waals surface area (Å²) in [6.45, 7) is 4.53. The molecule has 30 heavy (non-hydrogen) atoms. The summed E-state index contributed by atoms with van der Waals surface area (Å²) in [7, 11) is 0. The molecular formula is C24H31N3O2S. The van der Waals surface area contributed by atoms with Crippen LogP contribution in [0.25, 0.3) is 0 Å². The predicted octanol–water partition coefficient (Wildman–Crippen LogP) is 3.49. The zero-order valence-corrected chi connectivity index (χ0v) is 18.6. The lowest BCUT2D eigenvalue weighted by atomic mass is 10.1. The molecule has 2 amide bonds. The number of para-hydroxylation sites is 1. The third-order valence-corrected chi connectivity index (χ3v) is 6.13. The zero-order valence-electron chi connectivity index (χ0n) is 17.8. The lowest BCUT2D eigenvalue weighted by Crippen LogP contribution is -2.48. The normalized spacial score (nSPS) is 16.9. The van der Waals surface area contributed by atoms with Crippen molar-refractivity contribution < 1.29 is 9.59 Å². The van der Waals surface area contributed by atoms with Gasteiger partial charge in [0.25, 0.3) is 5.91 Å². The van der Waals surface area contributed by atoms with E-state index >= 15 is 0 Å². The van der Waals surface area contributed by atoms with Gasteiger partial charge in [0.15, 0.2) is 0 Å². The van der Waals surface area contributed by atoms with Crippen LogP contribution in [0.4, 0.5) is 5.69 Å². The van der Waals surface area contributed by atoms with Gasteiger partial charge in [0.05, 0.1) is 0 Å². The SMILES string of the molecule is CSCCC(NC(=O)c1cccc(C)c1)C(=O)NCC1CCN(c2ccccc2)C1. The van der Waals surface area contributed by atoms with E-state index in [2.05, 4.69) is 39.8 Å². The number of amides is 2. The number of nitrogens with zero attached hydrogens (tertiary/aromatic N) is 1. The van der Waals surface area contributed by atoms with Crippen LogP contribution in [-0.4, -0.2) is 49.5 Å². The maximum absolute atomic E-state index is 12.8. The van der Waals surface area contributed by atoms with Crippen LogP contribution in [0.1, 0.15) is 28.8 Å². The van der Waals surface area contributed by atoms with Crippen LogP contribution in [0.15, 0.2) is 54.6 Å². The average Bonchev–Trinajstić information content (AvgIpc) is 3.24. The highest BCUT2D eigenvalue weighted by molar-refractivity contribution is 7.98. The minimum absolute atomic E-state index is 0.0942. The molecule has 0 spiro atoms. The Morgan fingerprint density at radius 1 is 1.17 bits per heavy atom. The first-order valence-electron chi connectivity index (χ1n) is 10.5. The summed E-state index contributed by atoms with van der Waals surface area (Å²) in [5, 5.41) is 6.01. The number of nitrogens with one attached hydrogen (secondary N) is 2. The van der Waals surface area contributed by atoms with Crippen molar-refractivity contribution in [2.24, 2.45) is 5.92 Å². The predicted molar refractivity (Wildman–Crippen MR) is 125 cm³/mol. The van der Waals surface area contributed by atoms with Crippen LogP contribution in [0.3, 0.4) is 0 Å². The van der Waals surface area contributed by atoms with Gasteiger partial charge >= 0.3 is 0 Å². The first kappa shape index (κ1) is 22.2. The van der Waals surface area contributed by atoms with Gasteiger partial charge in [0.2, 0.25) is 5.91 Å². The molecule has 1 aliphatic heterocycles. The quantitative estimate of drug-likeness (QED) is 0.646. The molecule has 1 aliphatic rings. The Balaban J connectivity index is 1.53. The minimum Gasteiger partial charge on any atom is -0.371 e. The second-order valence-corrected chi connectivity index (χ2v) is 8.84. The first-order chi connectivity index (χ1) is 14.6. The molecule has 0 saturated carbocycles. The Labute approximate surface area is 183 Å². The number of thioether (sulfide) groups is 1. The second-order valence-electron chi connectivity index (χ2n) is 7.86. The molecule has 1 heterocycles. The first-order valence-corrected chi connectivity index (χ1v) is 11.9. The van der Waals surface area contributed by atoms with Crippen LogP contribution < -0.4 is 15.5 Å². The fourth-order valence-electron chi connectivity index (χ4n) is 3.77. The van der Waals surface area contributed by atoms with Crippen LogP contribution in [0.2, 0.25) is 0 Å². The third-order valence-electron chi connectivity index (χ3n) is 5.48. The fourth-order valence-corrected chi connectivity index (χ4v) is 4.24. The molecule has 160 valence electrons. The van der Waals surface area contributed by atoms with Crippen molar-refractivity contribution in [3.05, 3.63) is 65.7 Å². The molecule has 2 atom stereocenters. The molecule has 5 nitrogen and oxygen atoms in total. The molecule has 0 bridgehead atoms. The van der Waals surface area contributed by atoms with Gasteiger partial charge in [-0.15, -0.1) is 0 Å². The highest BCUT2D eigenvalue weighted by atomic mass is 32.2. The number of anilines is 1. The van der Waals surface area contributed by atoms with Gasteiger partial charge in [-0.05, 0) is 62.0 Å². The summed E-state index contributed by atoms with van der Waals surface area (Å²) >= 11 is 1.68. The molecule has 2 aromatic carbocycles. The molecule has 1 fully saturated rings. The number of rotatable bonds is 9. The summed E-state index contributed by atoms with van der Waals surface area (Å²) in [5.74, 6) is 0.944. The van der Waals surface area contributed by atoms with Crippen molar-refractivity contribution in [2.45, 2.75) is 25.8 Å². The van der Waals surface area contributed by atoms with E-state index in [0.717, 1.165) is 30.8 Å². The van der Waals surface area contributed by atoms with Gasteiger partial charge < -0.3 is 15.5 Å². The monoisotopic (exact) mass is 425 g/mol. The lowest BCUT2D eigenvalue weighted by molar-refractivity contribution is -0.123. The standard InChI is InChI=1S/C24H31N3O2S/c1-18-7-6-8-20(15-18)23(28)26-22(12-14-30-2)24(29)25-16-19-11-13-27(17-19)21-9-4-3-5-10-21/h3-10,15,19,22H,11-14,16-17H2,1-2H3,(H,25,29)(H,26,28). The summed E-state index contributed by atoms with van der Waals surface area (Å²) in [5.41, 5.74) is 2.85. The van der Waals surface area contributed by atoms with E-state index in [0.29, 0.717) is 24.4 Å². The smallest absolute Gasteiger partial charge is 0.251 e. The minimum atomic E-state index is -0.517. The average molecular weight is 426 g/mol. The lowest BCUT2D eigenvalue weighted by Gasteiger charge is -2.21. The summed E-state index contributed by atoms with van der Waals surface area (Å²) in [4.78, 5) is 27.8. The Morgan fingerprint density at radius 2 is 1.97 bits per heavy atom. The van der Waals surface area contributed by atoms with Crippen molar-refractivity contribution in [3.8, 4) is 0 Å². The Bertz CT molecular complexity index is 843. The number of carbonyl (C=O) groups is 2. The molecule has 1 saturated heterocycles. The number of benzene rings is 2. The van der Waals surface area contributed by atoms with Crippen molar-refractivity contribution in [3.63, 3.8) is 0 Å². The number of hydrogen-bond acceptors (Lipinski definition) is 4. The van der Waals surface area contributed by atoms with E-state index in [-0.39, 0.29) is 11.8 Å². The largest absolute Gasteiger partial charge is 0.371 e. The molecule has 2 N–H and O–H groups in total. The van der Waals surface area contributed by atoms with E-state index < -0.39 is 6.04 Å². The van der Waals surface area contributed by atoms with Crippen molar-refractivity contribution in [2.75, 3.05) is 36.5 Å². The zero-order chi connectivity index (χ0) is 21.3. The molecule has 0 aliphatic carbocycles. The van der Waals surface area contributed by atoms with E-state index in [4.69, 9.17) is 0 Å². The van der Waals surface area contributed by atoms with Gasteiger partial charge in [0, 0.05) is 30.9 Å². The molecule has 0 aromatic heterocycles. The fraction of sp³-hybridized carbons (Fsp3) is 0.417. The van der Waals surface area contributed by atoms with E-state index in [9.17, 15) is 9.59 Å². The third kappa shape index (κ3) is 6.26. The van der Waals surface area contributed by atoms with Crippen LogP contribution in [0, 0.1) is 12.8 Å². The van der Waals surface area contributed by atoms with E-state index in [1.54, 1.807) is 17.8 Å². The molecule has 0 radical (unpaired) electrons. The van der Waals surface area contributed by atoms with Crippen molar-refractivity contribution in [1.82, 2.24) is 10.6 Å². The topological polar surface area (TPSA) is 61.4 Å². The van der Waals surface area contributed by atoms with Gasteiger partial charge in [-0.2, -0.15) is 11.8 Å². The Hall–Kier alpha value is -2.47. The summed E-state index contributed by atoms with van der Waals surface area (Å²) in [6, 6.07) is 17.3. The molecular weight excluding hydrogens is 394 g/mol. The van der Waals surface area contributed by atoms with Crippen LogP contribution >= 0.6 is 11.8 Å². The highest BCUT2D eigenvalue weighted by Crippen LogP contribution is 2.23. The Morgan fingerprint density at radius 3 is 2.70 bits per heavy atom. The van der Waals surface area contributed by atoms with Crippen LogP contribution in [-0.2, 0) is 4.79 Å². The highest BCUT2D eigenvalue weighted by Gasteiger charge is 2.25. The van der Waals surface area contributed by atoms with Crippen LogP contribution in [0.5, 0.6) is 0 Å². The Kier molecular flexibility index (Phi) is 8.20. The van der Waals surface area contributed by atoms with Gasteiger partial charge in [-0.25, -0.2) is 0 Å². The maximum atomic E-state index is 12.8. The van der Waals surface area contributed by atoms with Crippen molar-refractivity contribution >= 4 is 29.3 Å². The maximum Gasteiger partial charge on any atom is 0.251 e. The molecule has 2 unspecified atom stereocenters. The van der Waals surface area contributed by atoms with Crippen molar-refractivity contribution in [1.29, 1.82) is 0 Å². The number of hydrogen-bond donors (Lipinski definition) is 2. The summed E-state index contributed by atoms with van der Waals surface area (Å²) < 4.78 is 0.